The highest BCUT2D eigenvalue weighted by molar-refractivity contribution is 5.38. The van der Waals surface area contributed by atoms with Crippen LogP contribution >= 0.6 is 0 Å². The third-order valence-corrected chi connectivity index (χ3v) is 5.94. The Labute approximate surface area is 208 Å². The molecule has 4 heteroatoms. The van der Waals surface area contributed by atoms with Crippen LogP contribution in [0.15, 0.2) is 109 Å². The molecule has 0 heterocycles. The van der Waals surface area contributed by atoms with Crippen molar-refractivity contribution in [3.05, 3.63) is 137 Å². The van der Waals surface area contributed by atoms with Crippen LogP contribution in [0.2, 0.25) is 0 Å². The number of benzene rings is 4. The summed E-state index contributed by atoms with van der Waals surface area (Å²) < 4.78 is 11.5. The van der Waals surface area contributed by atoms with Gasteiger partial charge in [-0.15, -0.1) is 0 Å². The molecule has 0 aliphatic rings. The fourth-order valence-corrected chi connectivity index (χ4v) is 4.17. The van der Waals surface area contributed by atoms with Gasteiger partial charge < -0.3 is 14.6 Å². The largest absolute Gasteiger partial charge is 0.489 e. The fraction of sp³-hybridized carbons (Fsp3) is 0.226. The molecule has 0 bridgehead atoms. The summed E-state index contributed by atoms with van der Waals surface area (Å²) in [7, 11) is 1.67. The maximum atomic E-state index is 11.2. The molecule has 1 N–H and O–H groups in total. The molecule has 1 atom stereocenters. The molecule has 0 saturated heterocycles. The number of nitrogens with zero attached hydrogens (tertiary/aromatic N) is 1. The normalized spacial score (nSPS) is 12.0. The first kappa shape index (κ1) is 24.7. The fourth-order valence-electron chi connectivity index (χ4n) is 4.17. The van der Waals surface area contributed by atoms with Gasteiger partial charge in [-0.2, -0.15) is 0 Å². The van der Waals surface area contributed by atoms with Crippen molar-refractivity contribution in [2.75, 3.05) is 13.7 Å². The van der Waals surface area contributed by atoms with Gasteiger partial charge >= 0.3 is 0 Å². The Hall–Kier alpha value is -3.44. The number of aliphatic hydroxyl groups excluding tert-OH is 1. The van der Waals surface area contributed by atoms with E-state index in [0.717, 1.165) is 35.5 Å². The minimum Gasteiger partial charge on any atom is -0.489 e. The van der Waals surface area contributed by atoms with E-state index in [9.17, 15) is 5.11 Å². The van der Waals surface area contributed by atoms with Gasteiger partial charge in [0.15, 0.2) is 0 Å². The van der Waals surface area contributed by atoms with Crippen molar-refractivity contribution in [1.82, 2.24) is 4.90 Å². The van der Waals surface area contributed by atoms with Crippen LogP contribution in [0, 0.1) is 0 Å². The zero-order chi connectivity index (χ0) is 24.3. The molecule has 4 rings (SSSR count). The Morgan fingerprint density at radius 3 is 1.77 bits per heavy atom. The van der Waals surface area contributed by atoms with E-state index in [-0.39, 0.29) is 0 Å². The molecule has 0 amide bonds. The van der Waals surface area contributed by atoms with Gasteiger partial charge in [0.05, 0.1) is 12.7 Å². The first-order chi connectivity index (χ1) is 17.2. The summed E-state index contributed by atoms with van der Waals surface area (Å²) in [5.41, 5.74) is 5.34. The molecule has 180 valence electrons. The zero-order valence-corrected chi connectivity index (χ0v) is 20.2. The summed E-state index contributed by atoms with van der Waals surface area (Å²) in [4.78, 5) is 2.28. The minimum absolute atomic E-state index is 0.419. The average Bonchev–Trinajstić information content (AvgIpc) is 2.90. The van der Waals surface area contributed by atoms with Crippen LogP contribution in [-0.2, 0) is 31.0 Å². The molecule has 0 saturated carbocycles. The summed E-state index contributed by atoms with van der Waals surface area (Å²) in [5, 5.41) is 11.2. The van der Waals surface area contributed by atoms with E-state index < -0.39 is 6.10 Å². The second-order valence-electron chi connectivity index (χ2n) is 8.73. The number of rotatable bonds is 12. The SMILES string of the molecule is COCc1cc(C(O)CN(Cc2ccccc2)Cc2ccccc2)ccc1OCc1ccccc1. The topological polar surface area (TPSA) is 41.9 Å². The van der Waals surface area contributed by atoms with Crippen LogP contribution in [0.1, 0.15) is 33.9 Å². The van der Waals surface area contributed by atoms with Crippen LogP contribution in [0.3, 0.4) is 0 Å². The van der Waals surface area contributed by atoms with E-state index in [1.54, 1.807) is 7.11 Å². The molecule has 1 unspecified atom stereocenters. The second kappa shape index (κ2) is 12.9. The Morgan fingerprint density at radius 2 is 1.23 bits per heavy atom. The molecule has 35 heavy (non-hydrogen) atoms. The van der Waals surface area contributed by atoms with Crippen molar-refractivity contribution in [3.63, 3.8) is 0 Å². The molecule has 4 aromatic carbocycles. The summed E-state index contributed by atoms with van der Waals surface area (Å²) in [6.45, 7) is 2.94. The maximum absolute atomic E-state index is 11.2. The van der Waals surface area contributed by atoms with Gasteiger partial charge in [0.1, 0.15) is 12.4 Å². The van der Waals surface area contributed by atoms with Crippen molar-refractivity contribution >= 4 is 0 Å². The van der Waals surface area contributed by atoms with Gasteiger partial charge in [0.2, 0.25) is 0 Å². The first-order valence-corrected chi connectivity index (χ1v) is 12.0. The first-order valence-electron chi connectivity index (χ1n) is 12.0. The van der Waals surface area contributed by atoms with E-state index in [1.165, 1.54) is 11.1 Å². The summed E-state index contributed by atoms with van der Waals surface area (Å²) in [5.74, 6) is 0.775. The summed E-state index contributed by atoms with van der Waals surface area (Å²) in [6.07, 6.45) is -0.638. The number of hydrogen-bond donors (Lipinski definition) is 1. The molecule has 4 nitrogen and oxygen atoms in total. The van der Waals surface area contributed by atoms with Crippen LogP contribution in [0.25, 0.3) is 0 Å². The van der Waals surface area contributed by atoms with Gasteiger partial charge in [-0.05, 0) is 34.4 Å². The molecular weight excluding hydrogens is 434 g/mol. The Kier molecular flexibility index (Phi) is 9.07. The number of ether oxygens (including phenoxy) is 2. The highest BCUT2D eigenvalue weighted by Crippen LogP contribution is 2.26. The molecule has 4 aromatic rings. The minimum atomic E-state index is -0.638. The quantitative estimate of drug-likeness (QED) is 0.271. The van der Waals surface area contributed by atoms with Gasteiger partial charge in [-0.3, -0.25) is 4.90 Å². The van der Waals surface area contributed by atoms with E-state index in [2.05, 4.69) is 53.4 Å². The standard InChI is InChI=1S/C31H33NO3/c1-34-24-29-19-28(17-18-31(29)35-23-27-15-9-4-10-16-27)30(33)22-32(20-25-11-5-2-6-12-25)21-26-13-7-3-8-14-26/h2-19,30,33H,20-24H2,1H3. The second-order valence-corrected chi connectivity index (χ2v) is 8.73. The van der Waals surface area contributed by atoms with E-state index >= 15 is 0 Å². The summed E-state index contributed by atoms with van der Waals surface area (Å²) in [6, 6.07) is 36.7. The lowest BCUT2D eigenvalue weighted by Gasteiger charge is -2.26. The van der Waals surface area contributed by atoms with Crippen molar-refractivity contribution < 1.29 is 14.6 Å². The average molecular weight is 468 g/mol. The predicted octanol–water partition coefficient (Wildman–Crippen LogP) is 6.15. The van der Waals surface area contributed by atoms with Crippen molar-refractivity contribution in [1.29, 1.82) is 0 Å². The van der Waals surface area contributed by atoms with E-state index in [0.29, 0.717) is 19.8 Å². The maximum Gasteiger partial charge on any atom is 0.125 e. The number of methoxy groups -OCH3 is 1. The lowest BCUT2D eigenvalue weighted by molar-refractivity contribution is 0.104. The van der Waals surface area contributed by atoms with Crippen molar-refractivity contribution in [2.45, 2.75) is 32.4 Å². The lowest BCUT2D eigenvalue weighted by Crippen LogP contribution is -2.28. The van der Waals surface area contributed by atoms with Crippen LogP contribution < -0.4 is 4.74 Å². The molecule has 0 aliphatic carbocycles. The monoisotopic (exact) mass is 467 g/mol. The Morgan fingerprint density at radius 1 is 0.686 bits per heavy atom. The van der Waals surface area contributed by atoms with Crippen molar-refractivity contribution in [3.8, 4) is 5.75 Å². The Bertz CT molecular complexity index is 1110. The molecule has 0 radical (unpaired) electrons. The van der Waals surface area contributed by atoms with Crippen LogP contribution in [0.5, 0.6) is 5.75 Å². The van der Waals surface area contributed by atoms with E-state index in [1.807, 2.05) is 60.7 Å². The van der Waals surface area contributed by atoms with Crippen LogP contribution in [0.4, 0.5) is 0 Å². The van der Waals surface area contributed by atoms with Crippen molar-refractivity contribution in [2.24, 2.45) is 0 Å². The highest BCUT2D eigenvalue weighted by atomic mass is 16.5. The van der Waals surface area contributed by atoms with Gasteiger partial charge in [0, 0.05) is 32.3 Å². The van der Waals surface area contributed by atoms with Gasteiger partial charge in [0.25, 0.3) is 0 Å². The number of aliphatic hydroxyl groups is 1. The van der Waals surface area contributed by atoms with Crippen LogP contribution in [-0.4, -0.2) is 23.7 Å². The third-order valence-electron chi connectivity index (χ3n) is 5.94. The molecule has 0 aliphatic heterocycles. The van der Waals surface area contributed by atoms with Gasteiger partial charge in [-0.25, -0.2) is 0 Å². The zero-order valence-electron chi connectivity index (χ0n) is 20.2. The summed E-state index contributed by atoms with van der Waals surface area (Å²) >= 11 is 0. The lowest BCUT2D eigenvalue weighted by atomic mass is 10.0. The number of hydrogen-bond acceptors (Lipinski definition) is 4. The highest BCUT2D eigenvalue weighted by Gasteiger charge is 2.17. The predicted molar refractivity (Wildman–Crippen MR) is 140 cm³/mol. The molecule has 0 spiro atoms. The third kappa shape index (κ3) is 7.52. The van der Waals surface area contributed by atoms with Gasteiger partial charge in [-0.1, -0.05) is 97.1 Å². The smallest absolute Gasteiger partial charge is 0.125 e. The molecule has 0 aromatic heterocycles. The van der Waals surface area contributed by atoms with E-state index in [4.69, 9.17) is 9.47 Å². The molecular formula is C31H33NO3. The molecule has 0 fully saturated rings. The Balaban J connectivity index is 1.48.